The molecule has 0 radical (unpaired) electrons. The predicted octanol–water partition coefficient (Wildman–Crippen LogP) is 3.65. The van der Waals surface area contributed by atoms with E-state index in [-0.39, 0.29) is 5.69 Å². The van der Waals surface area contributed by atoms with Crippen molar-refractivity contribution in [3.63, 3.8) is 0 Å². The van der Waals surface area contributed by atoms with E-state index in [0.29, 0.717) is 17.2 Å². The molecule has 0 aliphatic carbocycles. The van der Waals surface area contributed by atoms with E-state index in [1.54, 1.807) is 31.1 Å². The third-order valence-corrected chi connectivity index (χ3v) is 3.43. The van der Waals surface area contributed by atoms with Crippen LogP contribution in [-0.4, -0.2) is 19.0 Å². The molecule has 2 rings (SSSR count). The highest BCUT2D eigenvalue weighted by Crippen LogP contribution is 2.34. The lowest BCUT2D eigenvalue weighted by molar-refractivity contribution is -0.384. The number of hydrogen-bond donors (Lipinski definition) is 1. The number of nitro benzene ring substituents is 1. The first-order valence-corrected chi connectivity index (χ1v) is 6.80. The molecule has 0 unspecified atom stereocenters. The summed E-state index contributed by atoms with van der Waals surface area (Å²) in [6, 6.07) is 8.38. The second-order valence-electron chi connectivity index (χ2n) is 5.37. The van der Waals surface area contributed by atoms with Crippen molar-refractivity contribution in [3.8, 4) is 11.5 Å². The number of anilines is 2. The molecule has 0 heterocycles. The molecular weight excluding hydrogens is 282 g/mol. The summed E-state index contributed by atoms with van der Waals surface area (Å²) in [5, 5.41) is 11.0. The lowest BCUT2D eigenvalue weighted by Gasteiger charge is -2.15. The van der Waals surface area contributed by atoms with Crippen LogP contribution < -0.4 is 15.4 Å². The molecule has 0 saturated carbocycles. The molecular formula is C16H19N3O3. The van der Waals surface area contributed by atoms with Gasteiger partial charge in [0.05, 0.1) is 4.92 Å². The number of hydrogen-bond acceptors (Lipinski definition) is 5. The molecule has 0 atom stereocenters. The maximum absolute atomic E-state index is 11.0. The minimum atomic E-state index is -0.406. The van der Waals surface area contributed by atoms with Crippen LogP contribution in [0.5, 0.6) is 11.5 Å². The third-order valence-electron chi connectivity index (χ3n) is 3.43. The molecule has 0 amide bonds. The Morgan fingerprint density at radius 1 is 1.09 bits per heavy atom. The quantitative estimate of drug-likeness (QED) is 0.529. The molecule has 6 heteroatoms. The van der Waals surface area contributed by atoms with Crippen molar-refractivity contribution in [2.24, 2.45) is 0 Å². The first-order chi connectivity index (χ1) is 10.3. The van der Waals surface area contributed by atoms with E-state index in [9.17, 15) is 10.1 Å². The zero-order valence-corrected chi connectivity index (χ0v) is 13.1. The standard InChI is InChI=1S/C16H19N3O3/c1-10-7-13(8-11(2)16(10)17)22-12-5-6-14(19(20)21)15(9-12)18(3)4/h5-9H,17H2,1-4H3. The molecule has 22 heavy (non-hydrogen) atoms. The molecule has 116 valence electrons. The number of nitrogens with zero attached hydrogens (tertiary/aromatic N) is 2. The smallest absolute Gasteiger partial charge is 0.292 e. The van der Waals surface area contributed by atoms with Gasteiger partial charge in [0.2, 0.25) is 0 Å². The first-order valence-electron chi connectivity index (χ1n) is 6.80. The Hall–Kier alpha value is -2.76. The molecule has 2 N–H and O–H groups in total. The van der Waals surface area contributed by atoms with E-state index in [1.165, 1.54) is 6.07 Å². The van der Waals surface area contributed by atoms with Crippen molar-refractivity contribution >= 4 is 17.1 Å². The van der Waals surface area contributed by atoms with E-state index >= 15 is 0 Å². The lowest BCUT2D eigenvalue weighted by atomic mass is 10.1. The van der Waals surface area contributed by atoms with Gasteiger partial charge in [-0.2, -0.15) is 0 Å². The van der Waals surface area contributed by atoms with E-state index in [1.807, 2.05) is 26.0 Å². The summed E-state index contributed by atoms with van der Waals surface area (Å²) in [7, 11) is 3.51. The Morgan fingerprint density at radius 3 is 2.18 bits per heavy atom. The van der Waals surface area contributed by atoms with Crippen LogP contribution in [0.2, 0.25) is 0 Å². The minimum absolute atomic E-state index is 0.0435. The fourth-order valence-corrected chi connectivity index (χ4v) is 2.21. The Kier molecular flexibility index (Phi) is 4.21. The van der Waals surface area contributed by atoms with Gasteiger partial charge in [-0.25, -0.2) is 0 Å². The molecule has 2 aromatic carbocycles. The summed E-state index contributed by atoms with van der Waals surface area (Å²) in [4.78, 5) is 12.3. The Morgan fingerprint density at radius 2 is 1.68 bits per heavy atom. The van der Waals surface area contributed by atoms with Gasteiger partial charge in [0.25, 0.3) is 5.69 Å². The Balaban J connectivity index is 2.38. The van der Waals surface area contributed by atoms with Crippen molar-refractivity contribution in [1.29, 1.82) is 0 Å². The van der Waals surface area contributed by atoms with Crippen LogP contribution in [-0.2, 0) is 0 Å². The van der Waals surface area contributed by atoms with Crippen LogP contribution >= 0.6 is 0 Å². The van der Waals surface area contributed by atoms with Gasteiger partial charge in [-0.3, -0.25) is 10.1 Å². The number of nitro groups is 1. The molecule has 0 bridgehead atoms. The third kappa shape index (κ3) is 3.11. The van der Waals surface area contributed by atoms with Crippen molar-refractivity contribution < 1.29 is 9.66 Å². The highest BCUT2D eigenvalue weighted by Gasteiger charge is 2.16. The number of ether oxygens (including phenoxy) is 1. The van der Waals surface area contributed by atoms with Gasteiger partial charge in [0.15, 0.2) is 0 Å². The van der Waals surface area contributed by atoms with Crippen LogP contribution in [0.4, 0.5) is 17.1 Å². The second kappa shape index (κ2) is 5.93. The van der Waals surface area contributed by atoms with E-state index in [4.69, 9.17) is 10.5 Å². The van der Waals surface area contributed by atoms with Gasteiger partial charge in [0.1, 0.15) is 17.2 Å². The average molecular weight is 301 g/mol. The fraction of sp³-hybridized carbons (Fsp3) is 0.250. The molecule has 0 fully saturated rings. The SMILES string of the molecule is Cc1cc(Oc2ccc([N+](=O)[O-])c(N(C)C)c2)cc(C)c1N. The van der Waals surface area contributed by atoms with Gasteiger partial charge < -0.3 is 15.4 Å². The summed E-state index contributed by atoms with van der Waals surface area (Å²) >= 11 is 0. The topological polar surface area (TPSA) is 81.6 Å². The van der Waals surface area contributed by atoms with E-state index in [0.717, 1.165) is 16.8 Å². The number of aryl methyl sites for hydroxylation is 2. The van der Waals surface area contributed by atoms with Gasteiger partial charge in [-0.1, -0.05) is 0 Å². The summed E-state index contributed by atoms with van der Waals surface area (Å²) in [6.45, 7) is 3.83. The van der Waals surface area contributed by atoms with Crippen molar-refractivity contribution in [3.05, 3.63) is 51.6 Å². The van der Waals surface area contributed by atoms with Gasteiger partial charge in [-0.15, -0.1) is 0 Å². The minimum Gasteiger partial charge on any atom is -0.457 e. The molecule has 0 aliphatic rings. The van der Waals surface area contributed by atoms with Crippen LogP contribution in [0.3, 0.4) is 0 Å². The van der Waals surface area contributed by atoms with Crippen molar-refractivity contribution in [2.75, 3.05) is 24.7 Å². The molecule has 0 spiro atoms. The summed E-state index contributed by atoms with van der Waals surface area (Å²) < 4.78 is 5.82. The molecule has 0 saturated heterocycles. The number of rotatable bonds is 4. The number of nitrogen functional groups attached to an aromatic ring is 1. The van der Waals surface area contributed by atoms with Gasteiger partial charge in [0, 0.05) is 31.9 Å². The normalized spacial score (nSPS) is 10.4. The highest BCUT2D eigenvalue weighted by molar-refractivity contribution is 5.65. The number of benzene rings is 2. The predicted molar refractivity (Wildman–Crippen MR) is 87.8 cm³/mol. The van der Waals surface area contributed by atoms with E-state index < -0.39 is 4.92 Å². The maximum atomic E-state index is 11.0. The second-order valence-corrected chi connectivity index (χ2v) is 5.37. The summed E-state index contributed by atoms with van der Waals surface area (Å²) in [6.07, 6.45) is 0. The molecule has 2 aromatic rings. The van der Waals surface area contributed by atoms with Crippen LogP contribution in [0.15, 0.2) is 30.3 Å². The highest BCUT2D eigenvalue weighted by atomic mass is 16.6. The fourth-order valence-electron chi connectivity index (χ4n) is 2.21. The van der Waals surface area contributed by atoms with Crippen LogP contribution in [0.1, 0.15) is 11.1 Å². The van der Waals surface area contributed by atoms with E-state index in [2.05, 4.69) is 0 Å². The average Bonchev–Trinajstić information content (AvgIpc) is 2.44. The molecule has 0 aromatic heterocycles. The van der Waals surface area contributed by atoms with Crippen molar-refractivity contribution in [2.45, 2.75) is 13.8 Å². The monoisotopic (exact) mass is 301 g/mol. The van der Waals surface area contributed by atoms with Gasteiger partial charge >= 0.3 is 0 Å². The Labute approximate surface area is 129 Å². The van der Waals surface area contributed by atoms with Gasteiger partial charge in [-0.05, 0) is 43.2 Å². The summed E-state index contributed by atoms with van der Waals surface area (Å²) in [5.74, 6) is 1.20. The lowest BCUT2D eigenvalue weighted by Crippen LogP contribution is -2.11. The van der Waals surface area contributed by atoms with Crippen LogP contribution in [0, 0.1) is 24.0 Å². The van der Waals surface area contributed by atoms with Crippen LogP contribution in [0.25, 0.3) is 0 Å². The Bertz CT molecular complexity index is 704. The number of nitrogens with two attached hydrogens (primary N) is 1. The maximum Gasteiger partial charge on any atom is 0.292 e. The zero-order chi connectivity index (χ0) is 16.4. The largest absolute Gasteiger partial charge is 0.457 e. The molecule has 0 aliphatic heterocycles. The summed E-state index contributed by atoms with van der Waals surface area (Å²) in [5.41, 5.74) is 9.07. The van der Waals surface area contributed by atoms with Crippen molar-refractivity contribution in [1.82, 2.24) is 0 Å². The molecule has 6 nitrogen and oxygen atoms in total. The first kappa shape index (κ1) is 15.6. The zero-order valence-electron chi connectivity index (χ0n) is 13.1.